The van der Waals surface area contributed by atoms with Crippen LogP contribution in [0.1, 0.15) is 12.0 Å². The molecule has 0 aromatic heterocycles. The zero-order valence-electron chi connectivity index (χ0n) is 9.36. The largest absolute Gasteiger partial charge is 0.350 e. The molecule has 1 heterocycles. The highest BCUT2D eigenvalue weighted by Gasteiger charge is 2.20. The molecule has 0 saturated carbocycles. The van der Waals surface area contributed by atoms with Gasteiger partial charge in [0, 0.05) is 12.5 Å². The fourth-order valence-corrected chi connectivity index (χ4v) is 1.86. The van der Waals surface area contributed by atoms with Crippen LogP contribution in [0.15, 0.2) is 18.2 Å². The van der Waals surface area contributed by atoms with E-state index in [1.165, 1.54) is 12.1 Å². The first-order chi connectivity index (χ1) is 8.16. The number of rotatable bonds is 4. The molecule has 1 aromatic carbocycles. The first-order valence-electron chi connectivity index (χ1n) is 5.58. The van der Waals surface area contributed by atoms with Gasteiger partial charge in [0.05, 0.1) is 13.2 Å². The van der Waals surface area contributed by atoms with Gasteiger partial charge in [-0.1, -0.05) is 12.1 Å². The lowest BCUT2D eigenvalue weighted by Gasteiger charge is -2.16. The van der Waals surface area contributed by atoms with Crippen LogP contribution >= 0.6 is 0 Å². The Morgan fingerprint density at radius 2 is 2.00 bits per heavy atom. The van der Waals surface area contributed by atoms with E-state index >= 15 is 0 Å². The number of ether oxygens (including phenoxy) is 2. The molecule has 17 heavy (non-hydrogen) atoms. The molecule has 0 aliphatic carbocycles. The minimum Gasteiger partial charge on any atom is -0.350 e. The van der Waals surface area contributed by atoms with Gasteiger partial charge in [-0.3, -0.25) is 0 Å². The van der Waals surface area contributed by atoms with Gasteiger partial charge in [0.15, 0.2) is 17.9 Å². The Morgan fingerprint density at radius 1 is 1.29 bits per heavy atom. The number of halogens is 2. The molecule has 0 spiro atoms. The van der Waals surface area contributed by atoms with Crippen LogP contribution < -0.4 is 5.73 Å². The molecular weight excluding hydrogens is 228 g/mol. The minimum absolute atomic E-state index is 0.271. The zero-order valence-corrected chi connectivity index (χ0v) is 9.36. The lowest BCUT2D eigenvalue weighted by molar-refractivity contribution is -0.0505. The topological polar surface area (TPSA) is 44.5 Å². The van der Waals surface area contributed by atoms with Crippen LogP contribution in [0.3, 0.4) is 0 Å². The molecule has 5 heteroatoms. The van der Waals surface area contributed by atoms with Crippen molar-refractivity contribution in [3.05, 3.63) is 35.4 Å². The van der Waals surface area contributed by atoms with Crippen molar-refractivity contribution >= 4 is 0 Å². The summed E-state index contributed by atoms with van der Waals surface area (Å²) in [6.07, 6.45) is 0.435. The molecule has 2 N–H and O–H groups in total. The van der Waals surface area contributed by atoms with Crippen LogP contribution in [0.25, 0.3) is 0 Å². The van der Waals surface area contributed by atoms with Gasteiger partial charge in [-0.25, -0.2) is 8.78 Å². The SMILES string of the molecule is NC(Cc1cccc(F)c1F)CC1OCCO1. The maximum atomic E-state index is 13.4. The van der Waals surface area contributed by atoms with Gasteiger partial charge in [0.2, 0.25) is 0 Å². The lowest BCUT2D eigenvalue weighted by atomic mass is 10.0. The molecule has 1 fully saturated rings. The molecule has 3 nitrogen and oxygen atoms in total. The molecule has 0 radical (unpaired) electrons. The normalized spacial score (nSPS) is 18.5. The molecule has 1 unspecified atom stereocenters. The van der Waals surface area contributed by atoms with Crippen LogP contribution in [-0.4, -0.2) is 25.5 Å². The summed E-state index contributed by atoms with van der Waals surface area (Å²) >= 11 is 0. The molecule has 2 rings (SSSR count). The first kappa shape index (κ1) is 12.4. The number of hydrogen-bond donors (Lipinski definition) is 1. The fraction of sp³-hybridized carbons (Fsp3) is 0.500. The number of nitrogens with two attached hydrogens (primary N) is 1. The van der Waals surface area contributed by atoms with Gasteiger partial charge in [0.1, 0.15) is 0 Å². The van der Waals surface area contributed by atoms with Crippen molar-refractivity contribution in [1.29, 1.82) is 0 Å². The molecule has 1 aromatic rings. The molecule has 1 aliphatic heterocycles. The molecular formula is C12H15F2NO2. The third-order valence-electron chi connectivity index (χ3n) is 2.70. The van der Waals surface area contributed by atoms with E-state index in [1.807, 2.05) is 0 Å². The molecule has 0 bridgehead atoms. The Bertz CT molecular complexity index is 381. The minimum atomic E-state index is -0.844. The van der Waals surface area contributed by atoms with Crippen molar-refractivity contribution in [3.8, 4) is 0 Å². The second-order valence-electron chi connectivity index (χ2n) is 4.08. The van der Waals surface area contributed by atoms with Crippen molar-refractivity contribution in [3.63, 3.8) is 0 Å². The Hall–Kier alpha value is -1.04. The highest BCUT2D eigenvalue weighted by molar-refractivity contribution is 5.19. The molecule has 1 saturated heterocycles. The summed E-state index contributed by atoms with van der Waals surface area (Å²) in [4.78, 5) is 0. The first-order valence-corrected chi connectivity index (χ1v) is 5.58. The molecule has 94 valence electrons. The summed E-state index contributed by atoms with van der Waals surface area (Å²) < 4.78 is 36.8. The number of benzene rings is 1. The van der Waals surface area contributed by atoms with Gasteiger partial charge in [-0.05, 0) is 18.1 Å². The van der Waals surface area contributed by atoms with Crippen molar-refractivity contribution in [1.82, 2.24) is 0 Å². The average molecular weight is 243 g/mol. The molecule has 0 amide bonds. The summed E-state index contributed by atoms with van der Waals surface area (Å²) in [5.41, 5.74) is 6.14. The fourth-order valence-electron chi connectivity index (χ4n) is 1.86. The second-order valence-corrected chi connectivity index (χ2v) is 4.08. The Labute approximate surface area is 98.5 Å². The van der Waals surface area contributed by atoms with Crippen LogP contribution in [0, 0.1) is 11.6 Å². The van der Waals surface area contributed by atoms with E-state index in [0.717, 1.165) is 6.07 Å². The highest BCUT2D eigenvalue weighted by atomic mass is 19.2. The number of hydrogen-bond acceptors (Lipinski definition) is 3. The van der Waals surface area contributed by atoms with Crippen molar-refractivity contribution in [2.45, 2.75) is 25.2 Å². The van der Waals surface area contributed by atoms with Crippen molar-refractivity contribution in [2.24, 2.45) is 5.73 Å². The lowest BCUT2D eigenvalue weighted by Crippen LogP contribution is -2.29. The van der Waals surface area contributed by atoms with E-state index < -0.39 is 11.6 Å². The van der Waals surface area contributed by atoms with Gasteiger partial charge < -0.3 is 15.2 Å². The summed E-state index contributed by atoms with van der Waals surface area (Å²) in [5.74, 6) is -1.67. The Morgan fingerprint density at radius 3 is 2.71 bits per heavy atom. The van der Waals surface area contributed by atoms with Crippen LogP contribution in [0.5, 0.6) is 0 Å². The van der Waals surface area contributed by atoms with Crippen LogP contribution in [-0.2, 0) is 15.9 Å². The third kappa shape index (κ3) is 3.21. The summed E-state index contributed by atoms with van der Waals surface area (Å²) in [6, 6.07) is 3.79. The second kappa shape index (κ2) is 5.53. The van der Waals surface area contributed by atoms with Gasteiger partial charge in [0.25, 0.3) is 0 Å². The van der Waals surface area contributed by atoms with Crippen LogP contribution in [0.4, 0.5) is 8.78 Å². The van der Waals surface area contributed by atoms with Crippen LogP contribution in [0.2, 0.25) is 0 Å². The average Bonchev–Trinajstić information content (AvgIpc) is 2.77. The predicted octanol–water partition coefficient (Wildman–Crippen LogP) is 1.60. The van der Waals surface area contributed by atoms with E-state index in [9.17, 15) is 8.78 Å². The summed E-state index contributed by atoms with van der Waals surface area (Å²) in [7, 11) is 0. The van der Waals surface area contributed by atoms with Crippen molar-refractivity contribution < 1.29 is 18.3 Å². The maximum absolute atomic E-state index is 13.4. The Kier molecular flexibility index (Phi) is 4.04. The molecule has 1 atom stereocenters. The smallest absolute Gasteiger partial charge is 0.162 e. The summed E-state index contributed by atoms with van der Waals surface area (Å²) in [6.45, 7) is 1.12. The molecule has 1 aliphatic rings. The monoisotopic (exact) mass is 243 g/mol. The standard InChI is InChI=1S/C12H15F2NO2/c13-10-3-1-2-8(12(10)14)6-9(15)7-11-16-4-5-17-11/h1-3,9,11H,4-7,15H2. The van der Waals surface area contributed by atoms with Gasteiger partial charge >= 0.3 is 0 Å². The maximum Gasteiger partial charge on any atom is 0.162 e. The highest BCUT2D eigenvalue weighted by Crippen LogP contribution is 2.16. The van der Waals surface area contributed by atoms with Crippen molar-refractivity contribution in [2.75, 3.05) is 13.2 Å². The predicted molar refractivity (Wildman–Crippen MR) is 58.3 cm³/mol. The van der Waals surface area contributed by atoms with Gasteiger partial charge in [-0.2, -0.15) is 0 Å². The Balaban J connectivity index is 1.93. The van der Waals surface area contributed by atoms with E-state index in [4.69, 9.17) is 15.2 Å². The van der Waals surface area contributed by atoms with E-state index in [1.54, 1.807) is 0 Å². The summed E-state index contributed by atoms with van der Waals surface area (Å²) in [5, 5.41) is 0. The zero-order chi connectivity index (χ0) is 12.3. The third-order valence-corrected chi connectivity index (χ3v) is 2.70. The quantitative estimate of drug-likeness (QED) is 0.873. The van der Waals surface area contributed by atoms with E-state index in [0.29, 0.717) is 19.6 Å². The van der Waals surface area contributed by atoms with E-state index in [2.05, 4.69) is 0 Å². The van der Waals surface area contributed by atoms with E-state index in [-0.39, 0.29) is 24.3 Å². The van der Waals surface area contributed by atoms with Gasteiger partial charge in [-0.15, -0.1) is 0 Å².